The molecule has 2 heteroatoms. The Balaban J connectivity index is 1.60. The first-order valence-electron chi connectivity index (χ1n) is 14.5. The Morgan fingerprint density at radius 2 is 0.900 bits per heavy atom. The van der Waals surface area contributed by atoms with Gasteiger partial charge in [0.1, 0.15) is 12.2 Å². The van der Waals surface area contributed by atoms with Gasteiger partial charge in [-0.25, -0.2) is 0 Å². The molecule has 0 spiro atoms. The minimum absolute atomic E-state index is 0.635. The average molecular weight is 535 g/mol. The summed E-state index contributed by atoms with van der Waals surface area (Å²) in [4.78, 5) is 0. The number of hydrogen-bond acceptors (Lipinski definition) is 2. The Bertz CT molecular complexity index is 1550. The molecular formula is C38H46O2. The lowest BCUT2D eigenvalue weighted by molar-refractivity contribution is 0.218. The Morgan fingerprint density at radius 1 is 0.425 bits per heavy atom. The zero-order valence-corrected chi connectivity index (χ0v) is 26.1. The predicted molar refractivity (Wildman–Crippen MR) is 169 cm³/mol. The van der Waals surface area contributed by atoms with E-state index in [4.69, 9.17) is 0 Å². The van der Waals surface area contributed by atoms with E-state index in [2.05, 4.69) is 118 Å². The molecule has 0 aliphatic heterocycles. The number of aliphatic hydroxyl groups excluding tert-OH is 2. The van der Waals surface area contributed by atoms with E-state index in [1.54, 1.807) is 0 Å². The molecule has 2 atom stereocenters. The molecule has 0 saturated carbocycles. The van der Waals surface area contributed by atoms with Crippen molar-refractivity contribution in [2.24, 2.45) is 0 Å². The van der Waals surface area contributed by atoms with Crippen LogP contribution in [0.1, 0.15) is 101 Å². The van der Waals surface area contributed by atoms with Crippen LogP contribution in [0.5, 0.6) is 0 Å². The molecule has 4 aromatic rings. The maximum absolute atomic E-state index is 11.4. The number of aliphatic hydroxyl groups is 2. The molecule has 0 saturated heterocycles. The second-order valence-electron chi connectivity index (χ2n) is 12.0. The third-order valence-corrected chi connectivity index (χ3v) is 9.67. The molecule has 0 bridgehead atoms. The van der Waals surface area contributed by atoms with Crippen molar-refractivity contribution in [1.29, 1.82) is 0 Å². The van der Waals surface area contributed by atoms with Crippen molar-refractivity contribution in [1.82, 2.24) is 0 Å². The molecule has 0 aromatic heterocycles. The molecule has 0 radical (unpaired) electrons. The monoisotopic (exact) mass is 534 g/mol. The van der Waals surface area contributed by atoms with E-state index in [0.717, 1.165) is 46.2 Å². The third-order valence-electron chi connectivity index (χ3n) is 9.67. The van der Waals surface area contributed by atoms with E-state index in [0.29, 0.717) is 0 Å². The van der Waals surface area contributed by atoms with Crippen molar-refractivity contribution in [2.45, 2.75) is 94.3 Å². The van der Waals surface area contributed by atoms with Gasteiger partial charge in [0.25, 0.3) is 0 Å². The summed E-state index contributed by atoms with van der Waals surface area (Å²) in [5, 5.41) is 22.7. The molecule has 210 valence electrons. The summed E-state index contributed by atoms with van der Waals surface area (Å²) in [5.41, 5.74) is 18.7. The van der Waals surface area contributed by atoms with Gasteiger partial charge in [-0.2, -0.15) is 0 Å². The van der Waals surface area contributed by atoms with Gasteiger partial charge in [0.2, 0.25) is 0 Å². The molecule has 0 fully saturated rings. The number of benzene rings is 4. The van der Waals surface area contributed by atoms with Crippen LogP contribution >= 0.6 is 0 Å². The lowest BCUT2D eigenvalue weighted by Crippen LogP contribution is -2.08. The minimum Gasteiger partial charge on any atom is -0.384 e. The highest BCUT2D eigenvalue weighted by Crippen LogP contribution is 2.33. The van der Waals surface area contributed by atoms with Gasteiger partial charge in [-0.1, -0.05) is 48.5 Å². The van der Waals surface area contributed by atoms with E-state index in [1.165, 1.54) is 55.6 Å². The van der Waals surface area contributed by atoms with E-state index >= 15 is 0 Å². The summed E-state index contributed by atoms with van der Waals surface area (Å²) in [6.07, 6.45) is 0.533. The van der Waals surface area contributed by atoms with Crippen LogP contribution in [0.4, 0.5) is 0 Å². The molecule has 2 N–H and O–H groups in total. The van der Waals surface area contributed by atoms with Gasteiger partial charge >= 0.3 is 0 Å². The number of rotatable bonds is 7. The van der Waals surface area contributed by atoms with Gasteiger partial charge in [-0.3, -0.25) is 0 Å². The van der Waals surface area contributed by atoms with E-state index < -0.39 is 12.2 Å². The number of aryl methyl sites for hydroxylation is 6. The fourth-order valence-corrected chi connectivity index (χ4v) is 5.97. The van der Waals surface area contributed by atoms with E-state index in [1.807, 2.05) is 0 Å². The molecule has 2 unspecified atom stereocenters. The highest BCUT2D eigenvalue weighted by atomic mass is 16.3. The zero-order valence-electron chi connectivity index (χ0n) is 26.1. The zero-order chi connectivity index (χ0) is 29.5. The summed E-state index contributed by atoms with van der Waals surface area (Å²) < 4.78 is 0. The summed E-state index contributed by atoms with van der Waals surface area (Å²) in [6.45, 7) is 21.3. The van der Waals surface area contributed by atoms with Crippen molar-refractivity contribution in [3.05, 3.63) is 138 Å². The predicted octanol–water partition coefficient (Wildman–Crippen LogP) is 8.72. The Kier molecular flexibility index (Phi) is 8.73. The summed E-state index contributed by atoms with van der Waals surface area (Å²) in [5.74, 6) is 0. The molecule has 4 aromatic carbocycles. The van der Waals surface area contributed by atoms with Gasteiger partial charge in [0, 0.05) is 0 Å². The van der Waals surface area contributed by atoms with Gasteiger partial charge in [0.05, 0.1) is 0 Å². The van der Waals surface area contributed by atoms with Gasteiger partial charge in [0.15, 0.2) is 0 Å². The van der Waals surface area contributed by atoms with Crippen LogP contribution in [-0.4, -0.2) is 10.2 Å². The largest absolute Gasteiger partial charge is 0.384 e. The SMILES string of the molecule is Cc1cc(C(O)c2cc(C)c(C)c(CCc3ccc(C(O)c4ccc(C)c(C)c4C)c(C)c3C)c2)cc(C)c1C. The standard InChI is InChI=1S/C38H46O2/c1-21-11-15-35(29(9)26(21)6)38(40)36-16-14-31(28(8)30(36)10)12-13-32-20-34(19-24(4)27(32)7)37(39)33-17-22(2)25(5)23(3)18-33/h11,14-20,37-40H,12-13H2,1-10H3. The average Bonchev–Trinajstić information content (AvgIpc) is 2.92. The van der Waals surface area contributed by atoms with Crippen LogP contribution in [-0.2, 0) is 12.8 Å². The van der Waals surface area contributed by atoms with Crippen LogP contribution in [0.2, 0.25) is 0 Å². The molecular weight excluding hydrogens is 488 g/mol. The molecule has 0 aliphatic carbocycles. The van der Waals surface area contributed by atoms with Gasteiger partial charge in [-0.15, -0.1) is 0 Å². The van der Waals surface area contributed by atoms with Crippen LogP contribution in [0.25, 0.3) is 0 Å². The lowest BCUT2D eigenvalue weighted by Gasteiger charge is -2.21. The van der Waals surface area contributed by atoms with Crippen LogP contribution in [0.3, 0.4) is 0 Å². The summed E-state index contributed by atoms with van der Waals surface area (Å²) >= 11 is 0. The Morgan fingerprint density at radius 3 is 1.50 bits per heavy atom. The number of hydrogen-bond donors (Lipinski definition) is 2. The summed E-state index contributed by atoms with van der Waals surface area (Å²) in [7, 11) is 0. The maximum Gasteiger partial charge on any atom is 0.105 e. The van der Waals surface area contributed by atoms with E-state index in [9.17, 15) is 10.2 Å². The highest BCUT2D eigenvalue weighted by Gasteiger charge is 2.20. The summed E-state index contributed by atoms with van der Waals surface area (Å²) in [6, 6.07) is 17.0. The van der Waals surface area contributed by atoms with E-state index in [-0.39, 0.29) is 0 Å². The topological polar surface area (TPSA) is 40.5 Å². The van der Waals surface area contributed by atoms with Gasteiger partial charge in [-0.05, 0) is 171 Å². The second kappa shape index (κ2) is 11.7. The molecule has 2 nitrogen and oxygen atoms in total. The van der Waals surface area contributed by atoms with Crippen molar-refractivity contribution in [3.63, 3.8) is 0 Å². The fourth-order valence-electron chi connectivity index (χ4n) is 5.97. The Labute approximate surface area is 241 Å². The van der Waals surface area contributed by atoms with Crippen molar-refractivity contribution in [3.8, 4) is 0 Å². The molecule has 40 heavy (non-hydrogen) atoms. The molecule has 0 aliphatic rings. The first kappa shape index (κ1) is 29.8. The van der Waals surface area contributed by atoms with Crippen LogP contribution < -0.4 is 0 Å². The van der Waals surface area contributed by atoms with Gasteiger partial charge < -0.3 is 10.2 Å². The normalized spacial score (nSPS) is 13.0. The molecule has 0 heterocycles. The highest BCUT2D eigenvalue weighted by molar-refractivity contribution is 5.49. The first-order valence-corrected chi connectivity index (χ1v) is 14.5. The van der Waals surface area contributed by atoms with Crippen molar-refractivity contribution < 1.29 is 10.2 Å². The van der Waals surface area contributed by atoms with Crippen molar-refractivity contribution in [2.75, 3.05) is 0 Å². The third kappa shape index (κ3) is 5.66. The lowest BCUT2D eigenvalue weighted by atomic mass is 9.86. The molecule has 4 rings (SSSR count). The van der Waals surface area contributed by atoms with Crippen molar-refractivity contribution >= 4 is 0 Å². The first-order chi connectivity index (χ1) is 18.8. The molecule has 0 amide bonds. The maximum atomic E-state index is 11.4. The fraction of sp³-hybridized carbons (Fsp3) is 0.368. The smallest absolute Gasteiger partial charge is 0.105 e. The van der Waals surface area contributed by atoms with Crippen LogP contribution in [0.15, 0.2) is 48.5 Å². The second-order valence-corrected chi connectivity index (χ2v) is 12.0. The van der Waals surface area contributed by atoms with Crippen LogP contribution in [0, 0.1) is 69.2 Å². The minimum atomic E-state index is -0.644. The Hall–Kier alpha value is -3.20. The quantitative estimate of drug-likeness (QED) is 0.249.